The molecule has 0 radical (unpaired) electrons. The topological polar surface area (TPSA) is 0 Å². The van der Waals surface area contributed by atoms with Gasteiger partial charge in [0.05, 0.1) is 0 Å². The van der Waals surface area contributed by atoms with Crippen molar-refractivity contribution in [1.29, 1.82) is 0 Å². The zero-order chi connectivity index (χ0) is 21.6. The summed E-state index contributed by atoms with van der Waals surface area (Å²) in [6.45, 7) is 0. The van der Waals surface area contributed by atoms with Crippen molar-refractivity contribution in [3.63, 3.8) is 0 Å². The van der Waals surface area contributed by atoms with Crippen molar-refractivity contribution in [2.24, 2.45) is 0 Å². The fourth-order valence-electron chi connectivity index (χ4n) is 4.20. The quantitative estimate of drug-likeness (QED) is 0.255. The molecule has 0 atom stereocenters. The first-order valence-corrected chi connectivity index (χ1v) is 11.0. The molecule has 5 aromatic carbocycles. The predicted octanol–water partition coefficient (Wildman–Crippen LogP) is 8.61. The highest BCUT2D eigenvalue weighted by atomic mass is 14.2. The van der Waals surface area contributed by atoms with Crippen LogP contribution >= 0.6 is 0 Å². The van der Waals surface area contributed by atoms with Crippen LogP contribution in [0, 0.1) is 0 Å². The van der Waals surface area contributed by atoms with Crippen LogP contribution in [0.1, 0.15) is 16.7 Å². The van der Waals surface area contributed by atoms with Gasteiger partial charge < -0.3 is 0 Å². The second-order valence-electron chi connectivity index (χ2n) is 7.79. The van der Waals surface area contributed by atoms with Gasteiger partial charge in [-0.2, -0.15) is 0 Å². The smallest absolute Gasteiger partial charge is 0.00266 e. The van der Waals surface area contributed by atoms with Crippen LogP contribution in [0.2, 0.25) is 0 Å². The average molecular weight is 409 g/mol. The number of rotatable bonds is 5. The second-order valence-corrected chi connectivity index (χ2v) is 7.79. The number of hydrogen-bond donors (Lipinski definition) is 0. The van der Waals surface area contributed by atoms with Gasteiger partial charge in [-0.1, -0.05) is 140 Å². The summed E-state index contributed by atoms with van der Waals surface area (Å²) < 4.78 is 0. The van der Waals surface area contributed by atoms with Crippen LogP contribution in [0.4, 0.5) is 0 Å². The van der Waals surface area contributed by atoms with Gasteiger partial charge in [-0.25, -0.2) is 0 Å². The van der Waals surface area contributed by atoms with Gasteiger partial charge >= 0.3 is 0 Å². The van der Waals surface area contributed by atoms with E-state index in [9.17, 15) is 0 Å². The summed E-state index contributed by atoms with van der Waals surface area (Å²) in [6.07, 6.45) is 2.30. The van der Waals surface area contributed by atoms with Gasteiger partial charge in [0.15, 0.2) is 0 Å². The molecule has 0 saturated heterocycles. The van der Waals surface area contributed by atoms with Crippen LogP contribution in [0.25, 0.3) is 33.9 Å². The highest BCUT2D eigenvalue weighted by Gasteiger charge is 2.16. The second kappa shape index (κ2) is 9.32. The SMILES string of the molecule is C(=C(c1ccccc1)c1cccc(-c2ccccc2)c1-c1ccccc1)c1ccccc1. The van der Waals surface area contributed by atoms with Crippen LogP contribution in [0.15, 0.2) is 140 Å². The summed E-state index contributed by atoms with van der Waals surface area (Å²) in [5, 5.41) is 0. The normalized spacial score (nSPS) is 11.3. The van der Waals surface area contributed by atoms with E-state index in [1.54, 1.807) is 0 Å². The summed E-state index contributed by atoms with van der Waals surface area (Å²) in [5.41, 5.74) is 9.78. The molecular weight excluding hydrogens is 384 g/mol. The molecule has 0 nitrogen and oxygen atoms in total. The summed E-state index contributed by atoms with van der Waals surface area (Å²) >= 11 is 0. The molecule has 0 aliphatic heterocycles. The Morgan fingerprint density at radius 3 is 1.59 bits per heavy atom. The van der Waals surface area contributed by atoms with Crippen molar-refractivity contribution >= 4 is 11.6 Å². The Morgan fingerprint density at radius 1 is 0.438 bits per heavy atom. The molecule has 0 saturated carbocycles. The van der Waals surface area contributed by atoms with E-state index < -0.39 is 0 Å². The zero-order valence-electron chi connectivity index (χ0n) is 17.9. The highest BCUT2D eigenvalue weighted by Crippen LogP contribution is 2.40. The number of hydrogen-bond acceptors (Lipinski definition) is 0. The van der Waals surface area contributed by atoms with Gasteiger partial charge in [0, 0.05) is 0 Å². The first-order chi connectivity index (χ1) is 15.9. The Kier molecular flexibility index (Phi) is 5.76. The Balaban J connectivity index is 1.82. The Morgan fingerprint density at radius 2 is 0.969 bits per heavy atom. The lowest BCUT2D eigenvalue weighted by Crippen LogP contribution is -1.95. The lowest BCUT2D eigenvalue weighted by molar-refractivity contribution is 1.52. The summed E-state index contributed by atoms with van der Waals surface area (Å²) in [6, 6.07) is 49.3. The molecule has 5 rings (SSSR count). The first-order valence-electron chi connectivity index (χ1n) is 11.0. The van der Waals surface area contributed by atoms with Gasteiger partial charge in [0.2, 0.25) is 0 Å². The minimum atomic E-state index is 1.19. The molecule has 5 aromatic rings. The molecule has 152 valence electrons. The molecule has 0 bridgehead atoms. The fourth-order valence-corrected chi connectivity index (χ4v) is 4.20. The van der Waals surface area contributed by atoms with Crippen molar-refractivity contribution in [3.05, 3.63) is 156 Å². The summed E-state index contributed by atoms with van der Waals surface area (Å²) in [5.74, 6) is 0. The van der Waals surface area contributed by atoms with Crippen molar-refractivity contribution < 1.29 is 0 Å². The minimum Gasteiger partial charge on any atom is -0.0622 e. The number of benzene rings is 5. The largest absolute Gasteiger partial charge is 0.0622 e. The lowest BCUT2D eigenvalue weighted by Gasteiger charge is -2.19. The van der Waals surface area contributed by atoms with E-state index in [0.717, 1.165) is 0 Å². The summed E-state index contributed by atoms with van der Waals surface area (Å²) in [4.78, 5) is 0. The van der Waals surface area contributed by atoms with Gasteiger partial charge in [0.1, 0.15) is 0 Å². The first kappa shape index (κ1) is 19.8. The van der Waals surface area contributed by atoms with Gasteiger partial charge in [-0.3, -0.25) is 0 Å². The van der Waals surface area contributed by atoms with Crippen LogP contribution < -0.4 is 0 Å². The third kappa shape index (κ3) is 4.17. The third-order valence-corrected chi connectivity index (χ3v) is 5.70. The Hall–Kier alpha value is -4.16. The molecular formula is C32H24. The molecule has 0 aliphatic rings. The van der Waals surface area contributed by atoms with Crippen molar-refractivity contribution in [1.82, 2.24) is 0 Å². The minimum absolute atomic E-state index is 1.19. The molecule has 32 heavy (non-hydrogen) atoms. The Bertz CT molecular complexity index is 1320. The molecule has 0 unspecified atom stereocenters. The van der Waals surface area contributed by atoms with E-state index in [2.05, 4.69) is 146 Å². The molecule has 0 aliphatic carbocycles. The predicted molar refractivity (Wildman–Crippen MR) is 137 cm³/mol. The van der Waals surface area contributed by atoms with Crippen LogP contribution in [0.5, 0.6) is 0 Å². The molecule has 0 heterocycles. The van der Waals surface area contributed by atoms with Crippen molar-refractivity contribution in [3.8, 4) is 22.3 Å². The molecule has 0 heteroatoms. The van der Waals surface area contributed by atoms with E-state index >= 15 is 0 Å². The highest BCUT2D eigenvalue weighted by molar-refractivity contribution is 6.00. The monoisotopic (exact) mass is 408 g/mol. The Labute approximate surface area is 190 Å². The van der Waals surface area contributed by atoms with Crippen LogP contribution in [-0.2, 0) is 0 Å². The van der Waals surface area contributed by atoms with Gasteiger partial charge in [0.25, 0.3) is 0 Å². The molecule has 0 spiro atoms. The average Bonchev–Trinajstić information content (AvgIpc) is 2.89. The molecule has 0 amide bonds. The van der Waals surface area contributed by atoms with Crippen molar-refractivity contribution in [2.75, 3.05) is 0 Å². The van der Waals surface area contributed by atoms with Crippen LogP contribution in [0.3, 0.4) is 0 Å². The van der Waals surface area contributed by atoms with Crippen molar-refractivity contribution in [2.45, 2.75) is 0 Å². The summed E-state index contributed by atoms with van der Waals surface area (Å²) in [7, 11) is 0. The molecule has 0 N–H and O–H groups in total. The maximum atomic E-state index is 2.30. The van der Waals surface area contributed by atoms with Gasteiger partial charge in [-0.05, 0) is 50.6 Å². The zero-order valence-corrected chi connectivity index (χ0v) is 17.9. The molecule has 0 fully saturated rings. The van der Waals surface area contributed by atoms with Crippen LogP contribution in [-0.4, -0.2) is 0 Å². The third-order valence-electron chi connectivity index (χ3n) is 5.70. The fraction of sp³-hybridized carbons (Fsp3) is 0. The van der Waals surface area contributed by atoms with E-state index in [-0.39, 0.29) is 0 Å². The van der Waals surface area contributed by atoms with Gasteiger partial charge in [-0.15, -0.1) is 0 Å². The molecule has 0 aromatic heterocycles. The van der Waals surface area contributed by atoms with E-state index in [1.165, 1.54) is 44.5 Å². The van der Waals surface area contributed by atoms with E-state index in [0.29, 0.717) is 0 Å². The maximum Gasteiger partial charge on any atom is -0.00266 e. The lowest BCUT2D eigenvalue weighted by atomic mass is 9.85. The maximum absolute atomic E-state index is 2.30. The van der Waals surface area contributed by atoms with E-state index in [1.807, 2.05) is 0 Å². The van der Waals surface area contributed by atoms with E-state index in [4.69, 9.17) is 0 Å². The standard InChI is InChI=1S/C32H24/c1-5-14-25(15-6-1)24-31(27-18-9-3-10-19-27)30-23-13-22-29(26-16-7-2-8-17-26)32(30)28-20-11-4-12-21-28/h1-24H.